The Morgan fingerprint density at radius 3 is 2.69 bits per heavy atom. The first-order valence-electron chi connectivity index (χ1n) is 5.16. The van der Waals surface area contributed by atoms with E-state index in [4.69, 9.17) is 14.2 Å². The minimum atomic E-state index is 0.166. The molecule has 1 aliphatic heterocycles. The van der Waals surface area contributed by atoms with Crippen LogP contribution in [0.1, 0.15) is 18.9 Å². The van der Waals surface area contributed by atoms with Gasteiger partial charge in [-0.1, -0.05) is 0 Å². The molecule has 2 rings (SSSR count). The monoisotopic (exact) mass is 222 g/mol. The van der Waals surface area contributed by atoms with Gasteiger partial charge in [0.1, 0.15) is 11.5 Å². The third-order valence-electron chi connectivity index (χ3n) is 2.52. The predicted octanol–water partition coefficient (Wildman–Crippen LogP) is 1.95. The molecule has 1 aromatic carbocycles. The Hall–Kier alpha value is -1.71. The Morgan fingerprint density at radius 1 is 1.38 bits per heavy atom. The summed E-state index contributed by atoms with van der Waals surface area (Å²) < 4.78 is 15.8. The van der Waals surface area contributed by atoms with Gasteiger partial charge in [0.15, 0.2) is 11.5 Å². The van der Waals surface area contributed by atoms with Crippen molar-refractivity contribution >= 4 is 5.78 Å². The van der Waals surface area contributed by atoms with E-state index in [-0.39, 0.29) is 12.6 Å². The summed E-state index contributed by atoms with van der Waals surface area (Å²) in [6.07, 6.45) is 1.17. The molecule has 0 N–H and O–H groups in total. The molecular weight excluding hydrogens is 208 g/mol. The molecule has 0 bridgehead atoms. The first-order valence-corrected chi connectivity index (χ1v) is 5.16. The molecule has 0 fully saturated rings. The number of benzene rings is 1. The zero-order valence-electron chi connectivity index (χ0n) is 9.41. The second kappa shape index (κ2) is 4.43. The molecule has 0 unspecified atom stereocenters. The van der Waals surface area contributed by atoms with E-state index < -0.39 is 0 Å². The lowest BCUT2D eigenvalue weighted by molar-refractivity contribution is -0.116. The Balaban J connectivity index is 2.25. The van der Waals surface area contributed by atoms with Crippen LogP contribution in [0, 0.1) is 0 Å². The standard InChI is InChI=1S/C12H14O4/c1-8(13)3-4-9-5-11-12(16-7-15-11)6-10(9)14-2/h5-6H,3-4,7H2,1-2H3. The number of rotatable bonds is 4. The maximum atomic E-state index is 11.0. The zero-order chi connectivity index (χ0) is 11.5. The first kappa shape index (κ1) is 10.8. The van der Waals surface area contributed by atoms with E-state index >= 15 is 0 Å². The fourth-order valence-electron chi connectivity index (χ4n) is 1.66. The van der Waals surface area contributed by atoms with Crippen molar-refractivity contribution in [1.29, 1.82) is 0 Å². The van der Waals surface area contributed by atoms with Gasteiger partial charge in [-0.3, -0.25) is 0 Å². The molecule has 4 heteroatoms. The highest BCUT2D eigenvalue weighted by atomic mass is 16.7. The summed E-state index contributed by atoms with van der Waals surface area (Å²) in [5.74, 6) is 2.33. The molecule has 86 valence electrons. The van der Waals surface area contributed by atoms with E-state index in [1.54, 1.807) is 20.1 Å². The number of carbonyl (C=O) groups excluding carboxylic acids is 1. The highest BCUT2D eigenvalue weighted by Crippen LogP contribution is 2.38. The minimum Gasteiger partial charge on any atom is -0.496 e. The van der Waals surface area contributed by atoms with E-state index in [1.807, 2.05) is 6.07 Å². The highest BCUT2D eigenvalue weighted by Gasteiger charge is 2.17. The summed E-state index contributed by atoms with van der Waals surface area (Å²) >= 11 is 0. The molecule has 0 aromatic heterocycles. The van der Waals surface area contributed by atoms with Crippen molar-refractivity contribution in [3.8, 4) is 17.2 Å². The van der Waals surface area contributed by atoms with E-state index in [0.29, 0.717) is 18.6 Å². The average Bonchev–Trinajstić information content (AvgIpc) is 2.71. The van der Waals surface area contributed by atoms with Crippen molar-refractivity contribution in [3.05, 3.63) is 17.7 Å². The lowest BCUT2D eigenvalue weighted by Crippen LogP contribution is -1.97. The number of methoxy groups -OCH3 is 1. The Kier molecular flexibility index (Phi) is 2.99. The fraction of sp³-hybridized carbons (Fsp3) is 0.417. The lowest BCUT2D eigenvalue weighted by Gasteiger charge is -2.08. The third-order valence-corrected chi connectivity index (χ3v) is 2.52. The van der Waals surface area contributed by atoms with Crippen molar-refractivity contribution < 1.29 is 19.0 Å². The van der Waals surface area contributed by atoms with Gasteiger partial charge >= 0.3 is 0 Å². The van der Waals surface area contributed by atoms with Crippen molar-refractivity contribution in [2.45, 2.75) is 19.8 Å². The second-order valence-corrected chi connectivity index (χ2v) is 3.72. The van der Waals surface area contributed by atoms with Gasteiger partial charge < -0.3 is 19.0 Å². The number of hydrogen-bond donors (Lipinski definition) is 0. The molecule has 0 aliphatic carbocycles. The maximum absolute atomic E-state index is 11.0. The van der Waals surface area contributed by atoms with Crippen molar-refractivity contribution in [2.24, 2.45) is 0 Å². The van der Waals surface area contributed by atoms with Crippen LogP contribution < -0.4 is 14.2 Å². The van der Waals surface area contributed by atoms with Crippen LogP contribution in [-0.4, -0.2) is 19.7 Å². The van der Waals surface area contributed by atoms with Crippen molar-refractivity contribution in [2.75, 3.05) is 13.9 Å². The molecule has 0 spiro atoms. The van der Waals surface area contributed by atoms with Gasteiger partial charge in [0.05, 0.1) is 7.11 Å². The fourth-order valence-corrected chi connectivity index (χ4v) is 1.66. The predicted molar refractivity (Wildman–Crippen MR) is 58.1 cm³/mol. The van der Waals surface area contributed by atoms with Gasteiger partial charge in [0.25, 0.3) is 0 Å². The molecule has 0 amide bonds. The smallest absolute Gasteiger partial charge is 0.231 e. The first-order chi connectivity index (χ1) is 7.70. The number of ketones is 1. The van der Waals surface area contributed by atoms with Gasteiger partial charge in [-0.25, -0.2) is 0 Å². The molecule has 1 heterocycles. The number of fused-ring (bicyclic) bond motifs is 1. The van der Waals surface area contributed by atoms with Gasteiger partial charge in [0, 0.05) is 12.5 Å². The largest absolute Gasteiger partial charge is 0.496 e. The van der Waals surface area contributed by atoms with E-state index in [2.05, 4.69) is 0 Å². The van der Waals surface area contributed by atoms with Crippen molar-refractivity contribution in [3.63, 3.8) is 0 Å². The molecule has 0 atom stereocenters. The third kappa shape index (κ3) is 2.10. The Bertz CT molecular complexity index is 412. The van der Waals surface area contributed by atoms with Crippen molar-refractivity contribution in [1.82, 2.24) is 0 Å². The Morgan fingerprint density at radius 2 is 2.06 bits per heavy atom. The molecule has 0 saturated carbocycles. The normalized spacial score (nSPS) is 12.6. The van der Waals surface area contributed by atoms with Gasteiger partial charge in [-0.05, 0) is 25.0 Å². The number of aryl methyl sites for hydroxylation is 1. The van der Waals surface area contributed by atoms with Crippen LogP contribution >= 0.6 is 0 Å². The molecule has 1 aromatic rings. The molecule has 16 heavy (non-hydrogen) atoms. The van der Waals surface area contributed by atoms with Crippen LogP contribution in [0.5, 0.6) is 17.2 Å². The Labute approximate surface area is 94.1 Å². The SMILES string of the molecule is COc1cc2c(cc1CCC(C)=O)OCO2. The van der Waals surface area contributed by atoms with Crippen LogP contribution in [-0.2, 0) is 11.2 Å². The minimum absolute atomic E-state index is 0.166. The van der Waals surface area contributed by atoms with Gasteiger partial charge in [0.2, 0.25) is 6.79 Å². The highest BCUT2D eigenvalue weighted by molar-refractivity contribution is 5.75. The lowest BCUT2D eigenvalue weighted by atomic mass is 10.1. The van der Waals surface area contributed by atoms with Crippen LogP contribution in [0.3, 0.4) is 0 Å². The number of hydrogen-bond acceptors (Lipinski definition) is 4. The average molecular weight is 222 g/mol. The van der Waals surface area contributed by atoms with Crippen LogP contribution in [0.25, 0.3) is 0 Å². The van der Waals surface area contributed by atoms with Gasteiger partial charge in [-0.2, -0.15) is 0 Å². The quantitative estimate of drug-likeness (QED) is 0.781. The second-order valence-electron chi connectivity index (χ2n) is 3.72. The van der Waals surface area contributed by atoms with Crippen LogP contribution in [0.4, 0.5) is 0 Å². The molecule has 0 radical (unpaired) electrons. The van der Waals surface area contributed by atoms with E-state index in [1.165, 1.54) is 0 Å². The number of Topliss-reactive ketones (excluding diaryl/α,β-unsaturated/α-hetero) is 1. The summed E-state index contributed by atoms with van der Waals surface area (Å²) in [6.45, 7) is 1.83. The molecule has 0 saturated heterocycles. The van der Waals surface area contributed by atoms with E-state index in [9.17, 15) is 4.79 Å². The summed E-state index contributed by atoms with van der Waals surface area (Å²) in [7, 11) is 1.61. The molecular formula is C12H14O4. The molecule has 1 aliphatic rings. The maximum Gasteiger partial charge on any atom is 0.231 e. The van der Waals surface area contributed by atoms with Crippen LogP contribution in [0.2, 0.25) is 0 Å². The summed E-state index contributed by atoms with van der Waals surface area (Å²) in [6, 6.07) is 3.68. The summed E-state index contributed by atoms with van der Waals surface area (Å²) in [5.41, 5.74) is 0.974. The van der Waals surface area contributed by atoms with Crippen LogP contribution in [0.15, 0.2) is 12.1 Å². The number of carbonyl (C=O) groups is 1. The summed E-state index contributed by atoms with van der Waals surface area (Å²) in [5, 5.41) is 0. The number of ether oxygens (including phenoxy) is 3. The topological polar surface area (TPSA) is 44.8 Å². The van der Waals surface area contributed by atoms with Gasteiger partial charge in [-0.15, -0.1) is 0 Å². The summed E-state index contributed by atoms with van der Waals surface area (Å²) in [4.78, 5) is 11.0. The van der Waals surface area contributed by atoms with E-state index in [0.717, 1.165) is 17.1 Å². The zero-order valence-corrected chi connectivity index (χ0v) is 9.41. The molecule has 4 nitrogen and oxygen atoms in total.